The Morgan fingerprint density at radius 2 is 1.71 bits per heavy atom. The minimum atomic E-state index is -0.191. The van der Waals surface area contributed by atoms with E-state index in [4.69, 9.17) is 14.2 Å². The molecule has 1 amide bonds. The fourth-order valence-electron chi connectivity index (χ4n) is 2.50. The van der Waals surface area contributed by atoms with Crippen LogP contribution >= 0.6 is 0 Å². The smallest absolute Gasteiger partial charge is 0.251 e. The first kappa shape index (κ1) is 19.2. The number of benzene rings is 2. The number of rotatable bonds is 8. The summed E-state index contributed by atoms with van der Waals surface area (Å²) < 4.78 is 15.8. The highest BCUT2D eigenvalue weighted by molar-refractivity contribution is 5.94. The van der Waals surface area contributed by atoms with Crippen LogP contribution in [0.15, 0.2) is 60.7 Å². The molecule has 0 fully saturated rings. The number of hydrogen-bond donors (Lipinski definition) is 1. The van der Waals surface area contributed by atoms with Gasteiger partial charge < -0.3 is 19.5 Å². The first-order chi connectivity index (χ1) is 13.7. The molecule has 1 aromatic heterocycles. The second-order valence-corrected chi connectivity index (χ2v) is 5.82. The zero-order chi connectivity index (χ0) is 19.8. The molecule has 0 aliphatic carbocycles. The zero-order valence-electron chi connectivity index (χ0n) is 15.7. The van der Waals surface area contributed by atoms with Crippen LogP contribution in [0, 0.1) is 0 Å². The van der Waals surface area contributed by atoms with Crippen molar-refractivity contribution < 1.29 is 19.0 Å². The van der Waals surface area contributed by atoms with Crippen molar-refractivity contribution in [3.05, 3.63) is 66.2 Å². The van der Waals surface area contributed by atoms with Gasteiger partial charge in [0.1, 0.15) is 18.1 Å². The van der Waals surface area contributed by atoms with Crippen LogP contribution < -0.4 is 19.5 Å². The van der Waals surface area contributed by atoms with E-state index in [1.807, 2.05) is 30.3 Å². The van der Waals surface area contributed by atoms with Gasteiger partial charge in [-0.25, -0.2) is 0 Å². The molecule has 3 aromatic rings. The standard InChI is InChI=1S/C21H21N3O4/c1-26-17-8-6-15(7-9-17)19-10-11-20(24-23-19)28-13-12-22-21(25)16-4-3-5-18(14-16)27-2/h3-11,14H,12-13H2,1-2H3,(H,22,25). The lowest BCUT2D eigenvalue weighted by atomic mass is 10.1. The van der Waals surface area contributed by atoms with Gasteiger partial charge in [-0.1, -0.05) is 6.07 Å². The molecule has 0 radical (unpaired) electrons. The summed E-state index contributed by atoms with van der Waals surface area (Å²) in [5.41, 5.74) is 2.20. The van der Waals surface area contributed by atoms with Crippen molar-refractivity contribution in [3.63, 3.8) is 0 Å². The van der Waals surface area contributed by atoms with Crippen LogP contribution in [0.4, 0.5) is 0 Å². The van der Waals surface area contributed by atoms with E-state index in [-0.39, 0.29) is 12.5 Å². The number of nitrogens with one attached hydrogen (secondary N) is 1. The first-order valence-electron chi connectivity index (χ1n) is 8.73. The average molecular weight is 379 g/mol. The molecule has 1 heterocycles. The Kier molecular flexibility index (Phi) is 6.41. The van der Waals surface area contributed by atoms with Crippen LogP contribution in [-0.4, -0.2) is 43.5 Å². The summed E-state index contributed by atoms with van der Waals surface area (Å²) in [4.78, 5) is 12.1. The maximum atomic E-state index is 12.1. The molecular formula is C21H21N3O4. The van der Waals surface area contributed by atoms with Gasteiger partial charge in [-0.15, -0.1) is 10.2 Å². The summed E-state index contributed by atoms with van der Waals surface area (Å²) in [6.45, 7) is 0.629. The van der Waals surface area contributed by atoms with Crippen molar-refractivity contribution in [3.8, 4) is 28.6 Å². The highest BCUT2D eigenvalue weighted by Gasteiger charge is 2.06. The average Bonchev–Trinajstić information content (AvgIpc) is 2.77. The second kappa shape index (κ2) is 9.36. The summed E-state index contributed by atoms with van der Waals surface area (Å²) in [5, 5.41) is 11.0. The molecular weight excluding hydrogens is 358 g/mol. The van der Waals surface area contributed by atoms with Crippen molar-refractivity contribution in [1.29, 1.82) is 0 Å². The summed E-state index contributed by atoms with van der Waals surface area (Å²) in [5.74, 6) is 1.63. The fourth-order valence-corrected chi connectivity index (χ4v) is 2.50. The van der Waals surface area contributed by atoms with Crippen molar-refractivity contribution in [1.82, 2.24) is 15.5 Å². The van der Waals surface area contributed by atoms with E-state index in [2.05, 4.69) is 15.5 Å². The van der Waals surface area contributed by atoms with E-state index in [0.29, 0.717) is 23.7 Å². The van der Waals surface area contributed by atoms with Gasteiger partial charge in [0.15, 0.2) is 0 Å². The lowest BCUT2D eigenvalue weighted by molar-refractivity contribution is 0.0946. The molecule has 3 rings (SSSR count). The third-order valence-electron chi connectivity index (χ3n) is 4.00. The molecule has 7 heteroatoms. The highest BCUT2D eigenvalue weighted by Crippen LogP contribution is 2.21. The van der Waals surface area contributed by atoms with Crippen LogP contribution in [0.2, 0.25) is 0 Å². The van der Waals surface area contributed by atoms with Gasteiger partial charge in [-0.05, 0) is 48.5 Å². The molecule has 7 nitrogen and oxygen atoms in total. The monoisotopic (exact) mass is 379 g/mol. The SMILES string of the molecule is COc1ccc(-c2ccc(OCCNC(=O)c3cccc(OC)c3)nn2)cc1. The number of nitrogens with zero attached hydrogens (tertiary/aromatic N) is 2. The van der Waals surface area contributed by atoms with Crippen LogP contribution in [0.25, 0.3) is 11.3 Å². The maximum absolute atomic E-state index is 12.1. The van der Waals surface area contributed by atoms with Crippen LogP contribution in [0.3, 0.4) is 0 Å². The predicted molar refractivity (Wildman–Crippen MR) is 105 cm³/mol. The molecule has 0 spiro atoms. The summed E-state index contributed by atoms with van der Waals surface area (Å²) in [6, 6.07) is 18.1. The minimum Gasteiger partial charge on any atom is -0.497 e. The second-order valence-electron chi connectivity index (χ2n) is 5.82. The summed E-state index contributed by atoms with van der Waals surface area (Å²) >= 11 is 0. The van der Waals surface area contributed by atoms with E-state index < -0.39 is 0 Å². The van der Waals surface area contributed by atoms with Gasteiger partial charge in [0.05, 0.1) is 26.5 Å². The summed E-state index contributed by atoms with van der Waals surface area (Å²) in [6.07, 6.45) is 0. The lowest BCUT2D eigenvalue weighted by Gasteiger charge is -2.08. The molecule has 0 aliphatic rings. The van der Waals surface area contributed by atoms with E-state index in [0.717, 1.165) is 17.0 Å². The molecule has 144 valence electrons. The van der Waals surface area contributed by atoms with Crippen molar-refractivity contribution >= 4 is 5.91 Å². The molecule has 1 N–H and O–H groups in total. The predicted octanol–water partition coefficient (Wildman–Crippen LogP) is 2.97. The van der Waals surface area contributed by atoms with E-state index >= 15 is 0 Å². The van der Waals surface area contributed by atoms with E-state index in [9.17, 15) is 4.79 Å². The van der Waals surface area contributed by atoms with Gasteiger partial charge in [0.2, 0.25) is 5.88 Å². The number of ether oxygens (including phenoxy) is 3. The van der Waals surface area contributed by atoms with Gasteiger partial charge in [0, 0.05) is 17.2 Å². The number of methoxy groups -OCH3 is 2. The largest absolute Gasteiger partial charge is 0.497 e. The molecule has 0 unspecified atom stereocenters. The molecule has 0 bridgehead atoms. The maximum Gasteiger partial charge on any atom is 0.251 e. The molecule has 0 saturated heterocycles. The normalized spacial score (nSPS) is 10.2. The number of hydrogen-bond acceptors (Lipinski definition) is 6. The number of amides is 1. The Labute approximate surface area is 163 Å². The highest BCUT2D eigenvalue weighted by atomic mass is 16.5. The van der Waals surface area contributed by atoms with E-state index in [1.165, 1.54) is 0 Å². The first-order valence-corrected chi connectivity index (χ1v) is 8.73. The van der Waals surface area contributed by atoms with Gasteiger partial charge >= 0.3 is 0 Å². The van der Waals surface area contributed by atoms with Gasteiger partial charge in [-0.2, -0.15) is 0 Å². The Hall–Kier alpha value is -3.61. The topological polar surface area (TPSA) is 82.6 Å². The molecule has 0 saturated carbocycles. The number of aromatic nitrogens is 2. The van der Waals surface area contributed by atoms with Crippen LogP contribution in [0.1, 0.15) is 10.4 Å². The lowest BCUT2D eigenvalue weighted by Crippen LogP contribution is -2.28. The zero-order valence-corrected chi connectivity index (χ0v) is 15.7. The Balaban J connectivity index is 1.47. The quantitative estimate of drug-likeness (QED) is 0.606. The van der Waals surface area contributed by atoms with Crippen molar-refractivity contribution in [2.24, 2.45) is 0 Å². The third-order valence-corrected chi connectivity index (χ3v) is 4.00. The van der Waals surface area contributed by atoms with E-state index in [1.54, 1.807) is 44.6 Å². The van der Waals surface area contributed by atoms with Gasteiger partial charge in [0.25, 0.3) is 5.91 Å². The fraction of sp³-hybridized carbons (Fsp3) is 0.190. The van der Waals surface area contributed by atoms with Crippen molar-refractivity contribution in [2.75, 3.05) is 27.4 Å². The Morgan fingerprint density at radius 1 is 0.929 bits per heavy atom. The molecule has 0 aliphatic heterocycles. The van der Waals surface area contributed by atoms with Crippen LogP contribution in [0.5, 0.6) is 17.4 Å². The number of carbonyl (C=O) groups excluding carboxylic acids is 1. The Morgan fingerprint density at radius 3 is 2.39 bits per heavy atom. The summed E-state index contributed by atoms with van der Waals surface area (Å²) in [7, 11) is 3.19. The Bertz CT molecular complexity index is 912. The van der Waals surface area contributed by atoms with Crippen molar-refractivity contribution in [2.45, 2.75) is 0 Å². The molecule has 0 atom stereocenters. The molecule has 2 aromatic carbocycles. The minimum absolute atomic E-state index is 0.191. The molecule has 28 heavy (non-hydrogen) atoms. The van der Waals surface area contributed by atoms with Crippen LogP contribution in [-0.2, 0) is 0 Å². The third kappa shape index (κ3) is 4.97. The van der Waals surface area contributed by atoms with Gasteiger partial charge in [-0.3, -0.25) is 4.79 Å². The number of carbonyl (C=O) groups is 1.